The molecule has 0 saturated carbocycles. The third-order valence-corrected chi connectivity index (χ3v) is 2.77. The molecule has 1 fully saturated rings. The molecule has 0 aromatic carbocycles. The van der Waals surface area contributed by atoms with Crippen LogP contribution in [-0.4, -0.2) is 51.1 Å². The molecule has 1 heterocycles. The van der Waals surface area contributed by atoms with Crippen molar-refractivity contribution in [3.05, 3.63) is 0 Å². The highest BCUT2D eigenvalue weighted by Crippen LogP contribution is 2.14. The first-order valence-electron chi connectivity index (χ1n) is 6.44. The summed E-state index contributed by atoms with van der Waals surface area (Å²) in [5, 5.41) is 0. The summed E-state index contributed by atoms with van der Waals surface area (Å²) in [7, 11) is 0. The smallest absolute Gasteiger partial charge is 0.338 e. The number of carbonyl (C=O) groups excluding carboxylic acids is 2. The topological polar surface area (TPSA) is 142 Å². The highest BCUT2D eigenvalue weighted by atomic mass is 17.2. The summed E-state index contributed by atoms with van der Waals surface area (Å²) in [6, 6.07) is 0. The molecule has 1 aliphatic heterocycles. The zero-order valence-electron chi connectivity index (χ0n) is 11.5. The van der Waals surface area contributed by atoms with Crippen molar-refractivity contribution in [2.24, 2.45) is 17.7 Å². The average Bonchev–Trinajstić information content (AvgIpc) is 2.52. The summed E-state index contributed by atoms with van der Waals surface area (Å²) in [5.74, 6) is 6.45. The molecule has 21 heavy (non-hydrogen) atoms. The van der Waals surface area contributed by atoms with Crippen LogP contribution in [0.3, 0.4) is 0 Å². The van der Waals surface area contributed by atoms with Gasteiger partial charge in [-0.05, 0) is 12.8 Å². The van der Waals surface area contributed by atoms with Gasteiger partial charge in [0, 0.05) is 0 Å². The van der Waals surface area contributed by atoms with E-state index in [1.54, 1.807) is 0 Å². The molecule has 1 rings (SSSR count). The van der Waals surface area contributed by atoms with E-state index in [-0.39, 0.29) is 26.1 Å². The fraction of sp³-hybridized carbons (Fsp3) is 0.818. The Morgan fingerprint density at radius 2 is 1.67 bits per heavy atom. The van der Waals surface area contributed by atoms with Gasteiger partial charge in [0.05, 0.1) is 26.4 Å². The minimum absolute atomic E-state index is 0.0694. The van der Waals surface area contributed by atoms with Gasteiger partial charge >= 0.3 is 11.9 Å². The molecule has 1 atom stereocenters. The monoisotopic (exact) mass is 308 g/mol. The lowest BCUT2D eigenvalue weighted by atomic mass is 10.0. The molecule has 1 saturated heterocycles. The molecular formula is C11H20N2O8. The van der Waals surface area contributed by atoms with Gasteiger partial charge in [-0.3, -0.25) is 0 Å². The quantitative estimate of drug-likeness (QED) is 0.353. The molecule has 10 heteroatoms. The SMILES string of the molecule is NOC(=O)C(CCC1COCCOCCOO1)C(=O)ON. The number of hydrogen-bond donors (Lipinski definition) is 2. The average molecular weight is 308 g/mol. The number of hydrogen-bond acceptors (Lipinski definition) is 10. The van der Waals surface area contributed by atoms with Crippen molar-refractivity contribution < 1.29 is 38.5 Å². The minimum atomic E-state index is -1.22. The van der Waals surface area contributed by atoms with Gasteiger partial charge in [-0.1, -0.05) is 0 Å². The van der Waals surface area contributed by atoms with Gasteiger partial charge in [-0.2, -0.15) is 11.8 Å². The minimum Gasteiger partial charge on any atom is -0.377 e. The molecule has 0 radical (unpaired) electrons. The molecule has 0 bridgehead atoms. The largest absolute Gasteiger partial charge is 0.377 e. The van der Waals surface area contributed by atoms with E-state index in [0.717, 1.165) is 0 Å². The fourth-order valence-corrected chi connectivity index (χ4v) is 1.68. The molecule has 10 nitrogen and oxygen atoms in total. The van der Waals surface area contributed by atoms with Crippen LogP contribution in [0.1, 0.15) is 12.8 Å². The highest BCUT2D eigenvalue weighted by Gasteiger charge is 2.30. The van der Waals surface area contributed by atoms with E-state index in [9.17, 15) is 9.59 Å². The van der Waals surface area contributed by atoms with Crippen LogP contribution in [0.5, 0.6) is 0 Å². The second-order valence-corrected chi connectivity index (χ2v) is 4.23. The lowest BCUT2D eigenvalue weighted by molar-refractivity contribution is -0.338. The van der Waals surface area contributed by atoms with Crippen LogP contribution in [0.4, 0.5) is 0 Å². The van der Waals surface area contributed by atoms with E-state index in [0.29, 0.717) is 19.8 Å². The van der Waals surface area contributed by atoms with Gasteiger partial charge in [-0.25, -0.2) is 19.4 Å². The van der Waals surface area contributed by atoms with E-state index in [4.69, 9.17) is 31.0 Å². The van der Waals surface area contributed by atoms with Gasteiger partial charge in [0.25, 0.3) is 0 Å². The summed E-state index contributed by atoms with van der Waals surface area (Å²) in [5.41, 5.74) is 0. The molecule has 0 spiro atoms. The molecule has 0 aromatic heterocycles. The molecule has 4 N–H and O–H groups in total. The number of rotatable bonds is 5. The van der Waals surface area contributed by atoms with E-state index >= 15 is 0 Å². The van der Waals surface area contributed by atoms with Crippen LogP contribution in [0, 0.1) is 5.92 Å². The van der Waals surface area contributed by atoms with Crippen LogP contribution in [0.25, 0.3) is 0 Å². The molecule has 1 aliphatic rings. The van der Waals surface area contributed by atoms with Crippen molar-refractivity contribution >= 4 is 11.9 Å². The number of carbonyl (C=O) groups is 2. The molecule has 0 amide bonds. The van der Waals surface area contributed by atoms with Gasteiger partial charge in [0.1, 0.15) is 12.7 Å². The number of nitrogens with two attached hydrogens (primary N) is 2. The molecule has 122 valence electrons. The third kappa shape index (κ3) is 6.80. The van der Waals surface area contributed by atoms with Crippen molar-refractivity contribution in [3.63, 3.8) is 0 Å². The Morgan fingerprint density at radius 3 is 2.33 bits per heavy atom. The summed E-state index contributed by atoms with van der Waals surface area (Å²) in [6.45, 7) is 1.76. The number of ether oxygens (including phenoxy) is 2. The highest BCUT2D eigenvalue weighted by molar-refractivity contribution is 5.94. The zero-order chi connectivity index (χ0) is 15.5. The molecule has 0 aliphatic carbocycles. The maximum atomic E-state index is 11.4. The van der Waals surface area contributed by atoms with Crippen molar-refractivity contribution in [3.8, 4) is 0 Å². The van der Waals surface area contributed by atoms with Crippen LogP contribution >= 0.6 is 0 Å². The van der Waals surface area contributed by atoms with Crippen LogP contribution in [-0.2, 0) is 38.5 Å². The van der Waals surface area contributed by atoms with Crippen LogP contribution in [0.15, 0.2) is 0 Å². The van der Waals surface area contributed by atoms with Gasteiger partial charge < -0.3 is 19.1 Å². The Bertz CT molecular complexity index is 301. The molecule has 0 aromatic rings. The van der Waals surface area contributed by atoms with E-state index in [1.165, 1.54) is 0 Å². The lowest BCUT2D eigenvalue weighted by Crippen LogP contribution is -2.33. The first kappa shape index (κ1) is 17.8. The molecular weight excluding hydrogens is 288 g/mol. The Hall–Kier alpha value is -1.30. The fourth-order valence-electron chi connectivity index (χ4n) is 1.68. The summed E-state index contributed by atoms with van der Waals surface area (Å²) >= 11 is 0. The maximum Gasteiger partial charge on any atom is 0.338 e. The van der Waals surface area contributed by atoms with Crippen molar-refractivity contribution in [2.45, 2.75) is 18.9 Å². The maximum absolute atomic E-state index is 11.4. The van der Waals surface area contributed by atoms with Crippen molar-refractivity contribution in [1.82, 2.24) is 0 Å². The molecule has 1 unspecified atom stereocenters. The second-order valence-electron chi connectivity index (χ2n) is 4.23. The van der Waals surface area contributed by atoms with E-state index in [1.807, 2.05) is 0 Å². The normalized spacial score (nSPS) is 20.8. The lowest BCUT2D eigenvalue weighted by Gasteiger charge is -2.20. The van der Waals surface area contributed by atoms with Gasteiger partial charge in [0.2, 0.25) is 0 Å². The summed E-state index contributed by atoms with van der Waals surface area (Å²) in [6.07, 6.45) is -0.0999. The first-order chi connectivity index (χ1) is 10.2. The predicted octanol–water partition coefficient (Wildman–Crippen LogP) is -1.42. The van der Waals surface area contributed by atoms with Crippen molar-refractivity contribution in [1.29, 1.82) is 0 Å². The van der Waals surface area contributed by atoms with Crippen LogP contribution < -0.4 is 11.8 Å². The van der Waals surface area contributed by atoms with Crippen LogP contribution in [0.2, 0.25) is 0 Å². The second kappa shape index (κ2) is 10.4. The van der Waals surface area contributed by atoms with Gasteiger partial charge in [0.15, 0.2) is 5.92 Å². The predicted molar refractivity (Wildman–Crippen MR) is 65.7 cm³/mol. The van der Waals surface area contributed by atoms with Crippen molar-refractivity contribution in [2.75, 3.05) is 33.0 Å². The Kier molecular flexibility index (Phi) is 8.82. The first-order valence-corrected chi connectivity index (χ1v) is 6.44. The zero-order valence-corrected chi connectivity index (χ0v) is 11.5. The summed E-state index contributed by atoms with van der Waals surface area (Å²) < 4.78 is 10.5. The van der Waals surface area contributed by atoms with E-state index < -0.39 is 24.0 Å². The standard InChI is InChI=1S/C11H20N2O8/c12-19-10(14)9(11(15)20-13)2-1-8-7-17-4-3-16-5-6-18-21-8/h8-9H,1-7,12-13H2. The summed E-state index contributed by atoms with van der Waals surface area (Å²) in [4.78, 5) is 40.9. The van der Waals surface area contributed by atoms with Gasteiger partial charge in [-0.15, -0.1) is 0 Å². The van der Waals surface area contributed by atoms with E-state index in [2.05, 4.69) is 9.68 Å². The Morgan fingerprint density at radius 1 is 1.05 bits per heavy atom. The Labute approximate surface area is 121 Å². The Balaban J connectivity index is 2.46. The third-order valence-electron chi connectivity index (χ3n) is 2.77.